The Morgan fingerprint density at radius 2 is 1.47 bits per heavy atom. The molecule has 1 aromatic heterocycles. The van der Waals surface area contributed by atoms with Gasteiger partial charge in [0.2, 0.25) is 5.95 Å². The van der Waals surface area contributed by atoms with Crippen LogP contribution in [0.3, 0.4) is 0 Å². The average molecular weight is 290 g/mol. The van der Waals surface area contributed by atoms with Crippen LogP contribution in [0.2, 0.25) is 15.1 Å². The quantitative estimate of drug-likeness (QED) is 0.844. The summed E-state index contributed by atoms with van der Waals surface area (Å²) in [5.41, 5.74) is 12.1. The number of hydrogen-bond donors (Lipinski definition) is 2. The van der Waals surface area contributed by atoms with Crippen LogP contribution in [0, 0.1) is 0 Å². The second-order valence-corrected chi connectivity index (χ2v) is 4.53. The lowest BCUT2D eigenvalue weighted by molar-refractivity contribution is 1.20. The molecule has 0 amide bonds. The van der Waals surface area contributed by atoms with E-state index < -0.39 is 0 Å². The first-order chi connectivity index (χ1) is 7.97. The highest BCUT2D eigenvalue weighted by atomic mass is 35.5. The smallest absolute Gasteiger partial charge is 0.222 e. The van der Waals surface area contributed by atoms with Gasteiger partial charge in [-0.2, -0.15) is 4.98 Å². The lowest BCUT2D eigenvalue weighted by Gasteiger charge is -2.08. The van der Waals surface area contributed by atoms with Crippen molar-refractivity contribution in [2.75, 3.05) is 11.5 Å². The summed E-state index contributed by atoms with van der Waals surface area (Å²) >= 11 is 17.9. The predicted octanol–water partition coefficient (Wildman–Crippen LogP) is 3.27. The molecule has 2 aromatic rings. The molecule has 0 aliphatic carbocycles. The van der Waals surface area contributed by atoms with Crippen LogP contribution in [0.15, 0.2) is 18.2 Å². The molecule has 0 radical (unpaired) electrons. The molecule has 0 spiro atoms. The van der Waals surface area contributed by atoms with Gasteiger partial charge in [-0.05, 0) is 12.1 Å². The van der Waals surface area contributed by atoms with E-state index in [1.165, 1.54) is 6.07 Å². The third kappa shape index (κ3) is 2.54. The van der Waals surface area contributed by atoms with Crippen LogP contribution < -0.4 is 11.5 Å². The van der Waals surface area contributed by atoms with Crippen molar-refractivity contribution in [2.24, 2.45) is 0 Å². The molecule has 88 valence electrons. The third-order valence-electron chi connectivity index (χ3n) is 2.03. The van der Waals surface area contributed by atoms with Crippen LogP contribution in [-0.2, 0) is 0 Å². The van der Waals surface area contributed by atoms with Crippen LogP contribution in [0.1, 0.15) is 0 Å². The number of halogens is 3. The zero-order valence-corrected chi connectivity index (χ0v) is 10.7. The number of hydrogen-bond acceptors (Lipinski definition) is 4. The fraction of sp³-hybridized carbons (Fsp3) is 0. The van der Waals surface area contributed by atoms with E-state index >= 15 is 0 Å². The van der Waals surface area contributed by atoms with Gasteiger partial charge in [-0.25, -0.2) is 4.98 Å². The first-order valence-electron chi connectivity index (χ1n) is 4.52. The minimum atomic E-state index is 0.0575. The van der Waals surface area contributed by atoms with Gasteiger partial charge in [-0.15, -0.1) is 0 Å². The van der Waals surface area contributed by atoms with Crippen molar-refractivity contribution in [3.8, 4) is 11.3 Å². The van der Waals surface area contributed by atoms with Gasteiger partial charge in [0.25, 0.3) is 0 Å². The Morgan fingerprint density at radius 1 is 0.882 bits per heavy atom. The van der Waals surface area contributed by atoms with Gasteiger partial charge < -0.3 is 11.5 Å². The van der Waals surface area contributed by atoms with Crippen molar-refractivity contribution in [3.05, 3.63) is 33.3 Å². The van der Waals surface area contributed by atoms with E-state index in [4.69, 9.17) is 46.3 Å². The SMILES string of the molecule is Nc1cc(-c2c(Cl)cc(Cl)cc2Cl)nc(N)n1. The lowest BCUT2D eigenvalue weighted by atomic mass is 10.1. The monoisotopic (exact) mass is 288 g/mol. The van der Waals surface area contributed by atoms with Crippen LogP contribution in [0.5, 0.6) is 0 Å². The summed E-state index contributed by atoms with van der Waals surface area (Å²) in [6.45, 7) is 0. The highest BCUT2D eigenvalue weighted by molar-refractivity contribution is 6.41. The summed E-state index contributed by atoms with van der Waals surface area (Å²) in [4.78, 5) is 7.80. The van der Waals surface area contributed by atoms with E-state index in [0.717, 1.165) is 0 Å². The van der Waals surface area contributed by atoms with Crippen molar-refractivity contribution in [1.29, 1.82) is 0 Å². The van der Waals surface area contributed by atoms with Crippen LogP contribution in [0.25, 0.3) is 11.3 Å². The van der Waals surface area contributed by atoms with Crippen molar-refractivity contribution in [2.45, 2.75) is 0 Å². The molecular weight excluding hydrogens is 282 g/mol. The summed E-state index contributed by atoms with van der Waals surface area (Å²) in [6, 6.07) is 4.68. The Labute approximate surface area is 113 Å². The van der Waals surface area contributed by atoms with Gasteiger partial charge in [0.1, 0.15) is 5.82 Å². The van der Waals surface area contributed by atoms with E-state index in [9.17, 15) is 0 Å². The summed E-state index contributed by atoms with van der Waals surface area (Å²) in [5, 5.41) is 1.19. The Morgan fingerprint density at radius 3 is 2.00 bits per heavy atom. The molecule has 0 fully saturated rings. The molecule has 0 aliphatic rings. The Hall–Kier alpha value is -1.23. The van der Waals surface area contributed by atoms with Crippen molar-refractivity contribution >= 4 is 46.6 Å². The summed E-state index contributed by atoms with van der Waals surface area (Å²) < 4.78 is 0. The molecule has 0 saturated carbocycles. The summed E-state index contributed by atoms with van der Waals surface area (Å²) in [6.07, 6.45) is 0. The van der Waals surface area contributed by atoms with Crippen LogP contribution in [-0.4, -0.2) is 9.97 Å². The maximum absolute atomic E-state index is 6.06. The number of anilines is 2. The number of aromatic nitrogens is 2. The minimum Gasteiger partial charge on any atom is -0.384 e. The molecule has 17 heavy (non-hydrogen) atoms. The molecule has 0 aliphatic heterocycles. The second-order valence-electron chi connectivity index (χ2n) is 3.28. The molecule has 0 atom stereocenters. The molecule has 1 aromatic carbocycles. The molecule has 4 N–H and O–H groups in total. The van der Waals surface area contributed by atoms with Gasteiger partial charge in [0, 0.05) is 16.7 Å². The summed E-state index contributed by atoms with van der Waals surface area (Å²) in [5.74, 6) is 0.302. The van der Waals surface area contributed by atoms with Gasteiger partial charge >= 0.3 is 0 Å². The summed E-state index contributed by atoms with van der Waals surface area (Å²) in [7, 11) is 0. The van der Waals surface area contributed by atoms with Gasteiger partial charge in [-0.3, -0.25) is 0 Å². The maximum atomic E-state index is 6.06. The number of rotatable bonds is 1. The third-order valence-corrected chi connectivity index (χ3v) is 2.84. The predicted molar refractivity (Wildman–Crippen MR) is 71.3 cm³/mol. The molecule has 7 heteroatoms. The van der Waals surface area contributed by atoms with E-state index in [1.807, 2.05) is 0 Å². The number of nitrogen functional groups attached to an aromatic ring is 2. The topological polar surface area (TPSA) is 77.8 Å². The normalized spacial score (nSPS) is 10.5. The Bertz CT molecular complexity index is 543. The second kappa shape index (κ2) is 4.56. The van der Waals surface area contributed by atoms with Crippen molar-refractivity contribution in [1.82, 2.24) is 9.97 Å². The largest absolute Gasteiger partial charge is 0.384 e. The maximum Gasteiger partial charge on any atom is 0.222 e. The molecule has 2 rings (SSSR count). The molecule has 0 saturated heterocycles. The van der Waals surface area contributed by atoms with Crippen LogP contribution >= 0.6 is 34.8 Å². The first-order valence-corrected chi connectivity index (χ1v) is 5.65. The highest BCUT2D eigenvalue weighted by Crippen LogP contribution is 2.36. The van der Waals surface area contributed by atoms with E-state index in [0.29, 0.717) is 26.3 Å². The molecule has 0 bridgehead atoms. The van der Waals surface area contributed by atoms with E-state index in [-0.39, 0.29) is 11.8 Å². The Kier molecular flexibility index (Phi) is 3.28. The van der Waals surface area contributed by atoms with Gasteiger partial charge in [0.05, 0.1) is 15.7 Å². The molecule has 0 unspecified atom stereocenters. The van der Waals surface area contributed by atoms with Gasteiger partial charge in [-0.1, -0.05) is 34.8 Å². The lowest BCUT2D eigenvalue weighted by Crippen LogP contribution is -2.01. The molecular formula is C10H7Cl3N4. The first kappa shape index (κ1) is 12.2. The van der Waals surface area contributed by atoms with Crippen LogP contribution in [0.4, 0.5) is 11.8 Å². The van der Waals surface area contributed by atoms with E-state index in [2.05, 4.69) is 9.97 Å². The molecule has 1 heterocycles. The fourth-order valence-corrected chi connectivity index (χ4v) is 2.41. The standard InChI is InChI=1S/C10H7Cl3N4/c11-4-1-5(12)9(6(13)2-4)7-3-8(14)17-10(15)16-7/h1-3H,(H4,14,15,16,17). The van der Waals surface area contributed by atoms with Crippen molar-refractivity contribution < 1.29 is 0 Å². The van der Waals surface area contributed by atoms with Crippen molar-refractivity contribution in [3.63, 3.8) is 0 Å². The van der Waals surface area contributed by atoms with E-state index in [1.54, 1.807) is 12.1 Å². The number of nitrogens with two attached hydrogens (primary N) is 2. The Balaban J connectivity index is 2.68. The zero-order chi connectivity index (χ0) is 12.6. The number of nitrogens with zero attached hydrogens (tertiary/aromatic N) is 2. The van der Waals surface area contributed by atoms with Gasteiger partial charge in [0.15, 0.2) is 0 Å². The molecule has 4 nitrogen and oxygen atoms in total. The highest BCUT2D eigenvalue weighted by Gasteiger charge is 2.13. The number of benzene rings is 1. The minimum absolute atomic E-state index is 0.0575. The fourth-order valence-electron chi connectivity index (χ4n) is 1.40. The average Bonchev–Trinajstić information content (AvgIpc) is 2.13. The zero-order valence-electron chi connectivity index (χ0n) is 8.42.